The molecule has 0 saturated carbocycles. The molecule has 3 heterocycles. The fraction of sp³-hybridized carbons (Fsp3) is 0.533. The minimum absolute atomic E-state index is 0.292. The van der Waals surface area contributed by atoms with E-state index >= 15 is 0 Å². The number of aromatic amines is 1. The molecule has 7 nitrogen and oxygen atoms in total. The molecule has 118 valence electrons. The number of carbonyl (C=O) groups excluding carboxylic acids is 1. The van der Waals surface area contributed by atoms with E-state index in [9.17, 15) is 4.79 Å². The molecule has 0 bridgehead atoms. The Morgan fingerprint density at radius 2 is 2.45 bits per heavy atom. The number of esters is 1. The van der Waals surface area contributed by atoms with Crippen LogP contribution in [0, 0.1) is 0 Å². The molecule has 0 unspecified atom stereocenters. The van der Waals surface area contributed by atoms with Gasteiger partial charge in [0.05, 0.1) is 24.4 Å². The van der Waals surface area contributed by atoms with Crippen LogP contribution in [0.3, 0.4) is 0 Å². The average molecular weight is 303 g/mol. The van der Waals surface area contributed by atoms with Crippen molar-refractivity contribution in [2.45, 2.75) is 32.4 Å². The largest absolute Gasteiger partial charge is 0.462 e. The Bertz CT molecular complexity index is 607. The summed E-state index contributed by atoms with van der Waals surface area (Å²) >= 11 is 0. The smallest absolute Gasteiger partial charge is 0.341 e. The normalized spacial score (nSPS) is 19.2. The lowest BCUT2D eigenvalue weighted by molar-refractivity contribution is 0.0526. The van der Waals surface area contributed by atoms with Crippen molar-refractivity contribution in [3.8, 4) is 0 Å². The lowest BCUT2D eigenvalue weighted by atomic mass is 10.1. The summed E-state index contributed by atoms with van der Waals surface area (Å²) in [5.41, 5.74) is 1.64. The lowest BCUT2D eigenvalue weighted by Gasteiger charge is -2.32. The maximum Gasteiger partial charge on any atom is 0.341 e. The number of rotatable bonds is 5. The Hall–Kier alpha value is -2.15. The Balaban J connectivity index is 1.63. The maximum atomic E-state index is 11.7. The summed E-state index contributed by atoms with van der Waals surface area (Å²) in [6.45, 7) is 5.04. The Morgan fingerprint density at radius 1 is 1.55 bits per heavy atom. The highest BCUT2D eigenvalue weighted by atomic mass is 16.5. The highest BCUT2D eigenvalue weighted by molar-refractivity contribution is 5.88. The van der Waals surface area contributed by atoms with Gasteiger partial charge in [-0.25, -0.2) is 4.79 Å². The Morgan fingerprint density at radius 3 is 3.23 bits per heavy atom. The zero-order valence-electron chi connectivity index (χ0n) is 12.7. The summed E-state index contributed by atoms with van der Waals surface area (Å²) < 4.78 is 6.90. The highest BCUT2D eigenvalue weighted by Crippen LogP contribution is 2.22. The van der Waals surface area contributed by atoms with Crippen LogP contribution < -0.4 is 0 Å². The van der Waals surface area contributed by atoms with Gasteiger partial charge in [-0.05, 0) is 32.4 Å². The molecule has 0 amide bonds. The Kier molecular flexibility index (Phi) is 4.53. The fourth-order valence-corrected chi connectivity index (χ4v) is 2.86. The quantitative estimate of drug-likeness (QED) is 0.849. The van der Waals surface area contributed by atoms with Gasteiger partial charge in [-0.1, -0.05) is 0 Å². The summed E-state index contributed by atoms with van der Waals surface area (Å²) in [6.07, 6.45) is 7.35. The van der Waals surface area contributed by atoms with Crippen molar-refractivity contribution in [3.05, 3.63) is 35.9 Å². The van der Waals surface area contributed by atoms with Crippen molar-refractivity contribution in [2.24, 2.45) is 0 Å². The number of hydrogen-bond acceptors (Lipinski definition) is 5. The van der Waals surface area contributed by atoms with Gasteiger partial charge in [0.25, 0.3) is 0 Å². The third kappa shape index (κ3) is 3.36. The summed E-state index contributed by atoms with van der Waals surface area (Å²) in [5, 5.41) is 11.3. The highest BCUT2D eigenvalue weighted by Gasteiger charge is 2.23. The van der Waals surface area contributed by atoms with E-state index in [0.29, 0.717) is 18.2 Å². The van der Waals surface area contributed by atoms with Crippen LogP contribution >= 0.6 is 0 Å². The molecule has 0 aromatic carbocycles. The number of hydrogen-bond donors (Lipinski definition) is 1. The van der Waals surface area contributed by atoms with Gasteiger partial charge in [0.2, 0.25) is 0 Å². The molecule has 2 aromatic rings. The van der Waals surface area contributed by atoms with E-state index in [1.807, 2.05) is 10.7 Å². The van der Waals surface area contributed by atoms with Crippen LogP contribution in [-0.4, -0.2) is 50.5 Å². The van der Waals surface area contributed by atoms with Crippen LogP contribution in [0.1, 0.15) is 41.9 Å². The maximum absolute atomic E-state index is 11.7. The number of H-pyrrole nitrogens is 1. The summed E-state index contributed by atoms with van der Waals surface area (Å²) in [7, 11) is 0. The van der Waals surface area contributed by atoms with Crippen molar-refractivity contribution >= 4 is 5.97 Å². The number of piperidine rings is 1. The van der Waals surface area contributed by atoms with Gasteiger partial charge < -0.3 is 4.74 Å². The number of ether oxygens (including phenoxy) is 1. The Labute approximate surface area is 129 Å². The molecule has 1 atom stereocenters. The molecule has 1 aliphatic heterocycles. The number of carbonyl (C=O) groups is 1. The molecule has 22 heavy (non-hydrogen) atoms. The van der Waals surface area contributed by atoms with E-state index in [1.165, 1.54) is 0 Å². The first kappa shape index (κ1) is 14.8. The second kappa shape index (κ2) is 6.74. The molecule has 2 aromatic heterocycles. The van der Waals surface area contributed by atoms with Gasteiger partial charge in [-0.3, -0.25) is 14.7 Å². The topological polar surface area (TPSA) is 76.0 Å². The van der Waals surface area contributed by atoms with Crippen LogP contribution in [0.4, 0.5) is 0 Å². The van der Waals surface area contributed by atoms with E-state index in [-0.39, 0.29) is 5.97 Å². The van der Waals surface area contributed by atoms with E-state index in [2.05, 4.69) is 20.2 Å². The van der Waals surface area contributed by atoms with E-state index in [1.54, 1.807) is 25.5 Å². The number of nitrogens with one attached hydrogen (secondary N) is 1. The van der Waals surface area contributed by atoms with Crippen molar-refractivity contribution in [3.63, 3.8) is 0 Å². The first-order valence-corrected chi connectivity index (χ1v) is 7.68. The molecule has 1 aliphatic rings. The molecule has 1 fully saturated rings. The van der Waals surface area contributed by atoms with Crippen LogP contribution in [-0.2, 0) is 11.3 Å². The third-order valence-electron chi connectivity index (χ3n) is 3.92. The number of nitrogens with zero attached hydrogens (tertiary/aromatic N) is 4. The summed E-state index contributed by atoms with van der Waals surface area (Å²) in [5.74, 6) is -0.307. The zero-order valence-corrected chi connectivity index (χ0v) is 12.7. The van der Waals surface area contributed by atoms with Crippen LogP contribution in [0.5, 0.6) is 0 Å². The predicted molar refractivity (Wildman–Crippen MR) is 80.3 cm³/mol. The fourth-order valence-electron chi connectivity index (χ4n) is 2.86. The third-order valence-corrected chi connectivity index (χ3v) is 3.92. The average Bonchev–Trinajstić information content (AvgIpc) is 3.19. The molecule has 0 radical (unpaired) electrons. The minimum Gasteiger partial charge on any atom is -0.462 e. The van der Waals surface area contributed by atoms with Crippen LogP contribution in [0.25, 0.3) is 0 Å². The zero-order chi connectivity index (χ0) is 15.4. The molecule has 7 heteroatoms. The van der Waals surface area contributed by atoms with E-state index in [4.69, 9.17) is 4.74 Å². The first-order valence-electron chi connectivity index (χ1n) is 7.68. The summed E-state index contributed by atoms with van der Waals surface area (Å²) in [6, 6.07) is 2.29. The van der Waals surface area contributed by atoms with Gasteiger partial charge in [0, 0.05) is 31.2 Å². The summed E-state index contributed by atoms with van der Waals surface area (Å²) in [4.78, 5) is 14.1. The lowest BCUT2D eigenvalue weighted by Crippen LogP contribution is -2.36. The van der Waals surface area contributed by atoms with Gasteiger partial charge in [-0.2, -0.15) is 10.2 Å². The van der Waals surface area contributed by atoms with E-state index in [0.717, 1.165) is 38.2 Å². The predicted octanol–water partition coefficient (Wildman–Crippen LogP) is 1.62. The molecule has 1 N–H and O–H groups in total. The van der Waals surface area contributed by atoms with E-state index < -0.39 is 0 Å². The standard InChI is InChI=1S/C15H21N5O2/c1-2-22-15(21)12-8-17-20(9-12)14-4-3-7-19(11-14)10-13-5-6-16-18-13/h5-6,8-9,14H,2-4,7,10-11H2,1H3,(H,16,18)/t14-/m0/s1. The van der Waals surface area contributed by atoms with Crippen LogP contribution in [0.2, 0.25) is 0 Å². The minimum atomic E-state index is -0.307. The first-order chi connectivity index (χ1) is 10.8. The van der Waals surface area contributed by atoms with Gasteiger partial charge in [-0.15, -0.1) is 0 Å². The van der Waals surface area contributed by atoms with Gasteiger partial charge in [0.1, 0.15) is 0 Å². The molecular weight excluding hydrogens is 282 g/mol. The second-order valence-corrected chi connectivity index (χ2v) is 5.54. The van der Waals surface area contributed by atoms with Crippen LogP contribution in [0.15, 0.2) is 24.7 Å². The molecule has 0 aliphatic carbocycles. The number of aromatic nitrogens is 4. The molecular formula is C15H21N5O2. The monoisotopic (exact) mass is 303 g/mol. The van der Waals surface area contributed by atoms with Crippen molar-refractivity contribution < 1.29 is 9.53 Å². The SMILES string of the molecule is CCOC(=O)c1cnn([C@H]2CCCN(Cc3ccn[nH]3)C2)c1. The van der Waals surface area contributed by atoms with Crippen molar-refractivity contribution in [1.82, 2.24) is 24.9 Å². The molecule has 0 spiro atoms. The molecule has 3 rings (SSSR count). The molecule has 1 saturated heterocycles. The van der Waals surface area contributed by atoms with Crippen molar-refractivity contribution in [1.29, 1.82) is 0 Å². The van der Waals surface area contributed by atoms with Crippen molar-refractivity contribution in [2.75, 3.05) is 19.7 Å². The van der Waals surface area contributed by atoms with Gasteiger partial charge >= 0.3 is 5.97 Å². The second-order valence-electron chi connectivity index (χ2n) is 5.54. The number of likely N-dealkylation sites (tertiary alicyclic amines) is 1. The van der Waals surface area contributed by atoms with Gasteiger partial charge in [0.15, 0.2) is 0 Å².